The maximum absolute atomic E-state index is 12.3. The van der Waals surface area contributed by atoms with Crippen LogP contribution < -0.4 is 20.1 Å². The van der Waals surface area contributed by atoms with Gasteiger partial charge >= 0.3 is 0 Å². The number of carbonyl (C=O) groups excluding carboxylic acids is 1. The molecule has 0 saturated heterocycles. The van der Waals surface area contributed by atoms with Crippen molar-refractivity contribution >= 4 is 17.4 Å². The van der Waals surface area contributed by atoms with Gasteiger partial charge in [-0.05, 0) is 24.3 Å². The molecule has 0 aliphatic carbocycles. The first kappa shape index (κ1) is 16.3. The Hall–Kier alpha value is -3.09. The number of nitrogens with one attached hydrogen (secondary N) is 2. The monoisotopic (exact) mass is 314 g/mol. The van der Waals surface area contributed by atoms with Gasteiger partial charge in [-0.25, -0.2) is 0 Å². The van der Waals surface area contributed by atoms with Crippen molar-refractivity contribution < 1.29 is 14.3 Å². The average Bonchev–Trinajstić information content (AvgIpc) is 2.60. The Morgan fingerprint density at radius 3 is 2.65 bits per heavy atom. The summed E-state index contributed by atoms with van der Waals surface area (Å²) in [6.07, 6.45) is 1.71. The minimum Gasteiger partial charge on any atom is -0.497 e. The zero-order chi connectivity index (χ0) is 16.7. The van der Waals surface area contributed by atoms with Gasteiger partial charge in [0.25, 0.3) is 5.91 Å². The molecular weight excluding hydrogens is 296 g/mol. The molecule has 2 aromatic rings. The molecule has 0 radical (unpaired) electrons. The quantitative estimate of drug-likeness (QED) is 0.763. The zero-order valence-electron chi connectivity index (χ0n) is 13.0. The highest BCUT2D eigenvalue weighted by Gasteiger charge is 2.12. The van der Waals surface area contributed by atoms with Crippen LogP contribution in [-0.2, 0) is 0 Å². The standard InChI is InChI=1S/C16H18N4O3/c1-4-9-17-15-8-6-12(19-20-15)16(21)18-13-10-11(22-2)5-7-14(13)23-3/h4-8,10H,1,9H2,2-3H3,(H,17,20)(H,18,21). The first-order valence-electron chi connectivity index (χ1n) is 6.89. The van der Waals surface area contributed by atoms with Crippen LogP contribution in [0.1, 0.15) is 10.5 Å². The lowest BCUT2D eigenvalue weighted by Gasteiger charge is -2.11. The molecule has 1 amide bonds. The minimum atomic E-state index is -0.390. The average molecular weight is 314 g/mol. The summed E-state index contributed by atoms with van der Waals surface area (Å²) in [7, 11) is 3.07. The van der Waals surface area contributed by atoms with Gasteiger partial charge in [0, 0.05) is 12.6 Å². The SMILES string of the molecule is C=CCNc1ccc(C(=O)Nc2cc(OC)ccc2OC)nn1. The van der Waals surface area contributed by atoms with E-state index in [0.29, 0.717) is 29.5 Å². The number of hydrogen-bond donors (Lipinski definition) is 2. The maximum Gasteiger partial charge on any atom is 0.276 e. The predicted molar refractivity (Wildman–Crippen MR) is 88.2 cm³/mol. The van der Waals surface area contributed by atoms with Crippen molar-refractivity contribution in [3.8, 4) is 11.5 Å². The second kappa shape index (κ2) is 7.79. The van der Waals surface area contributed by atoms with Crippen LogP contribution in [-0.4, -0.2) is 36.9 Å². The van der Waals surface area contributed by atoms with Crippen molar-refractivity contribution in [2.75, 3.05) is 31.4 Å². The van der Waals surface area contributed by atoms with E-state index in [1.165, 1.54) is 7.11 Å². The molecule has 0 saturated carbocycles. The van der Waals surface area contributed by atoms with E-state index in [-0.39, 0.29) is 11.6 Å². The fraction of sp³-hybridized carbons (Fsp3) is 0.188. The van der Waals surface area contributed by atoms with Gasteiger partial charge in [0.1, 0.15) is 17.3 Å². The number of hydrogen-bond acceptors (Lipinski definition) is 6. The summed E-state index contributed by atoms with van der Waals surface area (Å²) in [4.78, 5) is 12.3. The van der Waals surface area contributed by atoms with E-state index in [2.05, 4.69) is 27.4 Å². The van der Waals surface area contributed by atoms with E-state index in [0.717, 1.165) is 0 Å². The number of amides is 1. The van der Waals surface area contributed by atoms with Crippen molar-refractivity contribution in [1.82, 2.24) is 10.2 Å². The van der Waals surface area contributed by atoms with Crippen LogP contribution in [0.25, 0.3) is 0 Å². The molecule has 2 N–H and O–H groups in total. The second-order valence-electron chi connectivity index (χ2n) is 4.49. The molecule has 1 aromatic heterocycles. The third-order valence-electron chi connectivity index (χ3n) is 2.98. The van der Waals surface area contributed by atoms with Gasteiger partial charge in [0.15, 0.2) is 5.69 Å². The fourth-order valence-electron chi connectivity index (χ4n) is 1.82. The van der Waals surface area contributed by atoms with Crippen molar-refractivity contribution in [2.24, 2.45) is 0 Å². The minimum absolute atomic E-state index is 0.194. The van der Waals surface area contributed by atoms with Crippen molar-refractivity contribution in [1.29, 1.82) is 0 Å². The summed E-state index contributed by atoms with van der Waals surface area (Å²) in [6.45, 7) is 4.17. The Morgan fingerprint density at radius 1 is 1.22 bits per heavy atom. The highest BCUT2D eigenvalue weighted by atomic mass is 16.5. The molecule has 7 heteroatoms. The largest absolute Gasteiger partial charge is 0.497 e. The van der Waals surface area contributed by atoms with Gasteiger partial charge in [-0.3, -0.25) is 4.79 Å². The van der Waals surface area contributed by atoms with Crippen molar-refractivity contribution in [2.45, 2.75) is 0 Å². The molecule has 0 unspecified atom stereocenters. The number of aromatic nitrogens is 2. The number of anilines is 2. The summed E-state index contributed by atoms with van der Waals surface area (Å²) in [5.41, 5.74) is 0.687. The smallest absolute Gasteiger partial charge is 0.276 e. The molecular formula is C16H18N4O3. The molecule has 0 aliphatic heterocycles. The van der Waals surface area contributed by atoms with E-state index in [1.807, 2.05) is 0 Å². The lowest BCUT2D eigenvalue weighted by atomic mass is 10.2. The van der Waals surface area contributed by atoms with E-state index in [1.54, 1.807) is 43.5 Å². The van der Waals surface area contributed by atoms with E-state index in [9.17, 15) is 4.79 Å². The Balaban J connectivity index is 2.13. The predicted octanol–water partition coefficient (Wildman–Crippen LogP) is 2.34. The third-order valence-corrected chi connectivity index (χ3v) is 2.98. The topological polar surface area (TPSA) is 85.4 Å². The Labute approximate surface area is 134 Å². The van der Waals surface area contributed by atoms with Gasteiger partial charge in [-0.1, -0.05) is 6.08 Å². The number of methoxy groups -OCH3 is 2. The van der Waals surface area contributed by atoms with Gasteiger partial charge in [0.05, 0.1) is 19.9 Å². The van der Waals surface area contributed by atoms with Crippen molar-refractivity contribution in [3.05, 3.63) is 48.7 Å². The molecule has 2 rings (SSSR count). The summed E-state index contributed by atoms with van der Waals surface area (Å²) in [6, 6.07) is 8.38. The molecule has 0 fully saturated rings. The van der Waals surface area contributed by atoms with Gasteiger partial charge < -0.3 is 20.1 Å². The van der Waals surface area contributed by atoms with Crippen LogP contribution in [0.4, 0.5) is 11.5 Å². The van der Waals surface area contributed by atoms with Gasteiger partial charge in [0.2, 0.25) is 0 Å². The molecule has 0 atom stereocenters. The normalized spacial score (nSPS) is 9.83. The number of ether oxygens (including phenoxy) is 2. The molecule has 7 nitrogen and oxygen atoms in total. The highest BCUT2D eigenvalue weighted by Crippen LogP contribution is 2.29. The van der Waals surface area contributed by atoms with Crippen molar-refractivity contribution in [3.63, 3.8) is 0 Å². The lowest BCUT2D eigenvalue weighted by molar-refractivity contribution is 0.102. The van der Waals surface area contributed by atoms with E-state index < -0.39 is 0 Å². The Morgan fingerprint density at radius 2 is 2.04 bits per heavy atom. The van der Waals surface area contributed by atoms with E-state index >= 15 is 0 Å². The molecule has 120 valence electrons. The molecule has 1 heterocycles. The van der Waals surface area contributed by atoms with Crippen LogP contribution >= 0.6 is 0 Å². The summed E-state index contributed by atoms with van der Waals surface area (Å²) in [5, 5.41) is 13.5. The third kappa shape index (κ3) is 4.19. The number of benzene rings is 1. The first-order valence-corrected chi connectivity index (χ1v) is 6.89. The van der Waals surface area contributed by atoms with Crippen LogP contribution in [0.15, 0.2) is 43.0 Å². The number of carbonyl (C=O) groups is 1. The molecule has 0 bridgehead atoms. The first-order chi connectivity index (χ1) is 11.2. The highest BCUT2D eigenvalue weighted by molar-refractivity contribution is 6.03. The molecule has 0 spiro atoms. The Bertz CT molecular complexity index is 686. The van der Waals surface area contributed by atoms with Gasteiger partial charge in [-0.2, -0.15) is 0 Å². The maximum atomic E-state index is 12.3. The fourth-order valence-corrected chi connectivity index (χ4v) is 1.82. The molecule has 0 aliphatic rings. The summed E-state index contributed by atoms with van der Waals surface area (Å²) >= 11 is 0. The summed E-state index contributed by atoms with van der Waals surface area (Å²) < 4.78 is 10.4. The van der Waals surface area contributed by atoms with Crippen LogP contribution in [0, 0.1) is 0 Å². The number of rotatable bonds is 7. The molecule has 23 heavy (non-hydrogen) atoms. The van der Waals surface area contributed by atoms with Crippen LogP contribution in [0.2, 0.25) is 0 Å². The summed E-state index contributed by atoms with van der Waals surface area (Å²) in [5.74, 6) is 1.31. The second-order valence-corrected chi connectivity index (χ2v) is 4.49. The number of nitrogens with zero attached hydrogens (tertiary/aromatic N) is 2. The van der Waals surface area contributed by atoms with Crippen LogP contribution in [0.5, 0.6) is 11.5 Å². The van der Waals surface area contributed by atoms with E-state index in [4.69, 9.17) is 9.47 Å². The molecule has 1 aromatic carbocycles. The Kier molecular flexibility index (Phi) is 5.51. The lowest BCUT2D eigenvalue weighted by Crippen LogP contribution is -2.15. The zero-order valence-corrected chi connectivity index (χ0v) is 13.0. The van der Waals surface area contributed by atoms with Gasteiger partial charge in [-0.15, -0.1) is 16.8 Å². The van der Waals surface area contributed by atoms with Crippen LogP contribution in [0.3, 0.4) is 0 Å².